The Morgan fingerprint density at radius 3 is 2.55 bits per heavy atom. The highest BCUT2D eigenvalue weighted by Gasteiger charge is 2.15. The van der Waals surface area contributed by atoms with E-state index in [2.05, 4.69) is 44.6 Å². The van der Waals surface area contributed by atoms with Crippen molar-refractivity contribution < 1.29 is 9.84 Å². The molecule has 3 heteroatoms. The first kappa shape index (κ1) is 16.6. The predicted molar refractivity (Wildman–Crippen MR) is 82.7 cm³/mol. The summed E-state index contributed by atoms with van der Waals surface area (Å²) in [5.74, 6) is 7.09. The predicted octanol–water partition coefficient (Wildman–Crippen LogP) is 2.52. The van der Waals surface area contributed by atoms with Gasteiger partial charge in [0.15, 0.2) is 0 Å². The van der Waals surface area contributed by atoms with Crippen LogP contribution >= 0.6 is 0 Å². The van der Waals surface area contributed by atoms with Crippen molar-refractivity contribution in [2.75, 3.05) is 20.8 Å². The summed E-state index contributed by atoms with van der Waals surface area (Å²) in [5.41, 5.74) is 2.02. The lowest BCUT2D eigenvalue weighted by molar-refractivity contribution is 0.198. The van der Waals surface area contributed by atoms with E-state index >= 15 is 0 Å². The van der Waals surface area contributed by atoms with Gasteiger partial charge in [0.1, 0.15) is 12.4 Å². The molecule has 0 heterocycles. The van der Waals surface area contributed by atoms with E-state index in [1.165, 1.54) is 0 Å². The molecule has 1 aromatic carbocycles. The first-order chi connectivity index (χ1) is 9.49. The van der Waals surface area contributed by atoms with Crippen molar-refractivity contribution in [3.05, 3.63) is 29.3 Å². The van der Waals surface area contributed by atoms with Crippen molar-refractivity contribution in [2.24, 2.45) is 5.92 Å². The number of ether oxygens (including phenoxy) is 1. The molecule has 0 amide bonds. The van der Waals surface area contributed by atoms with Gasteiger partial charge >= 0.3 is 0 Å². The van der Waals surface area contributed by atoms with Gasteiger partial charge in [0.25, 0.3) is 0 Å². The van der Waals surface area contributed by atoms with Gasteiger partial charge in [0, 0.05) is 23.7 Å². The highest BCUT2D eigenvalue weighted by molar-refractivity contribution is 5.44. The summed E-state index contributed by atoms with van der Waals surface area (Å²) in [7, 11) is 3.81. The Hall–Kier alpha value is -1.50. The van der Waals surface area contributed by atoms with Gasteiger partial charge in [-0.15, -0.1) is 0 Å². The van der Waals surface area contributed by atoms with Gasteiger partial charge < -0.3 is 9.84 Å². The number of aliphatic hydroxyl groups is 1. The zero-order valence-corrected chi connectivity index (χ0v) is 13.1. The molecule has 0 saturated carbocycles. The molecule has 0 radical (unpaired) electrons. The van der Waals surface area contributed by atoms with Gasteiger partial charge in [-0.1, -0.05) is 25.7 Å². The molecular formula is C17H25NO2. The normalized spacial score (nSPS) is 12.2. The molecule has 0 aliphatic heterocycles. The van der Waals surface area contributed by atoms with Crippen molar-refractivity contribution in [2.45, 2.75) is 33.4 Å². The molecule has 0 aromatic heterocycles. The number of methoxy groups -OCH3 is 1. The maximum absolute atomic E-state index is 8.77. The van der Waals surface area contributed by atoms with Gasteiger partial charge in [-0.25, -0.2) is 0 Å². The van der Waals surface area contributed by atoms with E-state index < -0.39 is 0 Å². The van der Waals surface area contributed by atoms with Crippen LogP contribution in [0.1, 0.15) is 31.9 Å². The third-order valence-corrected chi connectivity index (χ3v) is 3.67. The number of hydrogen-bond acceptors (Lipinski definition) is 3. The molecule has 0 fully saturated rings. The molecular weight excluding hydrogens is 250 g/mol. The summed E-state index contributed by atoms with van der Waals surface area (Å²) in [5, 5.41) is 8.77. The van der Waals surface area contributed by atoms with Crippen molar-refractivity contribution in [3.63, 3.8) is 0 Å². The van der Waals surface area contributed by atoms with Gasteiger partial charge in [-0.2, -0.15) is 0 Å². The quantitative estimate of drug-likeness (QED) is 0.838. The van der Waals surface area contributed by atoms with Gasteiger partial charge in [-0.3, -0.25) is 4.90 Å². The maximum Gasteiger partial charge on any atom is 0.123 e. The fraction of sp³-hybridized carbons (Fsp3) is 0.529. The van der Waals surface area contributed by atoms with E-state index in [9.17, 15) is 0 Å². The molecule has 3 nitrogen and oxygen atoms in total. The van der Waals surface area contributed by atoms with Gasteiger partial charge in [0.05, 0.1) is 7.11 Å². The van der Waals surface area contributed by atoms with Crippen LogP contribution in [-0.2, 0) is 6.54 Å². The Morgan fingerprint density at radius 2 is 2.00 bits per heavy atom. The first-order valence-corrected chi connectivity index (χ1v) is 6.96. The van der Waals surface area contributed by atoms with Crippen LogP contribution in [0.2, 0.25) is 0 Å². The maximum atomic E-state index is 8.77. The highest BCUT2D eigenvalue weighted by Crippen LogP contribution is 2.22. The fourth-order valence-electron chi connectivity index (χ4n) is 2.04. The molecule has 110 valence electrons. The summed E-state index contributed by atoms with van der Waals surface area (Å²) in [6, 6.07) is 6.37. The summed E-state index contributed by atoms with van der Waals surface area (Å²) in [4.78, 5) is 2.31. The van der Waals surface area contributed by atoms with Crippen LogP contribution in [0.3, 0.4) is 0 Å². The number of nitrogens with zero attached hydrogens (tertiary/aromatic N) is 1. The minimum atomic E-state index is -0.119. The average Bonchev–Trinajstić information content (AvgIpc) is 2.44. The lowest BCUT2D eigenvalue weighted by Crippen LogP contribution is -2.32. The van der Waals surface area contributed by atoms with Crippen molar-refractivity contribution in [3.8, 4) is 17.6 Å². The van der Waals surface area contributed by atoms with E-state index in [1.807, 2.05) is 18.2 Å². The number of aliphatic hydroxyl groups excluding tert-OH is 1. The second kappa shape index (κ2) is 7.94. The monoisotopic (exact) mass is 275 g/mol. The zero-order chi connectivity index (χ0) is 15.1. The van der Waals surface area contributed by atoms with Crippen LogP contribution in [0.4, 0.5) is 0 Å². The van der Waals surface area contributed by atoms with Crippen LogP contribution < -0.4 is 4.74 Å². The van der Waals surface area contributed by atoms with Crippen LogP contribution in [0.15, 0.2) is 18.2 Å². The SMILES string of the molecule is COc1ccc(C#CCO)cc1CN(C)C(C)C(C)C. The zero-order valence-electron chi connectivity index (χ0n) is 13.1. The van der Waals surface area contributed by atoms with Crippen molar-refractivity contribution >= 4 is 0 Å². The van der Waals surface area contributed by atoms with Crippen molar-refractivity contribution in [1.82, 2.24) is 4.90 Å². The second-order valence-electron chi connectivity index (χ2n) is 5.39. The summed E-state index contributed by atoms with van der Waals surface area (Å²) < 4.78 is 5.42. The lowest BCUT2D eigenvalue weighted by atomic mass is 10.0. The summed E-state index contributed by atoms with van der Waals surface area (Å²) in [6.45, 7) is 7.37. The van der Waals surface area contributed by atoms with Gasteiger partial charge in [-0.05, 0) is 38.1 Å². The number of benzene rings is 1. The Morgan fingerprint density at radius 1 is 1.30 bits per heavy atom. The number of rotatable bonds is 5. The van der Waals surface area contributed by atoms with E-state index in [-0.39, 0.29) is 6.61 Å². The molecule has 1 aromatic rings. The van der Waals surface area contributed by atoms with E-state index in [4.69, 9.17) is 9.84 Å². The molecule has 0 aliphatic rings. The Labute approximate surface area is 122 Å². The molecule has 0 spiro atoms. The molecule has 1 rings (SSSR count). The minimum Gasteiger partial charge on any atom is -0.496 e. The Bertz CT molecular complexity index is 485. The van der Waals surface area contributed by atoms with Crippen LogP contribution in [-0.4, -0.2) is 36.8 Å². The topological polar surface area (TPSA) is 32.7 Å². The Balaban J connectivity index is 2.96. The molecule has 0 saturated heterocycles. The summed E-state index contributed by atoms with van der Waals surface area (Å²) in [6.07, 6.45) is 0. The van der Waals surface area contributed by atoms with E-state index in [0.717, 1.165) is 23.4 Å². The molecule has 0 bridgehead atoms. The van der Waals surface area contributed by atoms with Crippen LogP contribution in [0, 0.1) is 17.8 Å². The third kappa shape index (κ3) is 4.56. The standard InChI is InChI=1S/C17H25NO2/c1-13(2)14(3)18(4)12-16-11-15(7-6-10-19)8-9-17(16)20-5/h8-9,11,13-14,19H,10,12H2,1-5H3. The van der Waals surface area contributed by atoms with E-state index in [1.54, 1.807) is 7.11 Å². The van der Waals surface area contributed by atoms with Crippen LogP contribution in [0.5, 0.6) is 5.75 Å². The molecule has 1 N–H and O–H groups in total. The number of hydrogen-bond donors (Lipinski definition) is 1. The van der Waals surface area contributed by atoms with Crippen molar-refractivity contribution in [1.29, 1.82) is 0 Å². The highest BCUT2D eigenvalue weighted by atomic mass is 16.5. The minimum absolute atomic E-state index is 0.119. The van der Waals surface area contributed by atoms with Crippen LogP contribution in [0.25, 0.3) is 0 Å². The van der Waals surface area contributed by atoms with E-state index in [0.29, 0.717) is 12.0 Å². The smallest absolute Gasteiger partial charge is 0.123 e. The van der Waals surface area contributed by atoms with Gasteiger partial charge in [0.2, 0.25) is 0 Å². The molecule has 20 heavy (non-hydrogen) atoms. The fourth-order valence-corrected chi connectivity index (χ4v) is 2.04. The third-order valence-electron chi connectivity index (χ3n) is 3.67. The molecule has 0 aliphatic carbocycles. The Kier molecular flexibility index (Phi) is 6.57. The average molecular weight is 275 g/mol. The largest absolute Gasteiger partial charge is 0.496 e. The summed E-state index contributed by atoms with van der Waals surface area (Å²) >= 11 is 0. The second-order valence-corrected chi connectivity index (χ2v) is 5.39. The lowest BCUT2D eigenvalue weighted by Gasteiger charge is -2.28. The first-order valence-electron chi connectivity index (χ1n) is 6.96. The molecule has 1 atom stereocenters. The molecule has 1 unspecified atom stereocenters.